The number of ether oxygens (including phenoxy) is 3. The van der Waals surface area contributed by atoms with E-state index in [-0.39, 0.29) is 17.9 Å². The highest BCUT2D eigenvalue weighted by Gasteiger charge is 2.16. The van der Waals surface area contributed by atoms with Crippen molar-refractivity contribution < 1.29 is 23.8 Å². The Kier molecular flexibility index (Phi) is 6.15. The van der Waals surface area contributed by atoms with Crippen LogP contribution in [-0.2, 0) is 9.47 Å². The number of hydrogen-bond acceptors (Lipinski definition) is 5. The van der Waals surface area contributed by atoms with Crippen LogP contribution in [0, 0.1) is 0 Å². The van der Waals surface area contributed by atoms with Crippen LogP contribution in [0.2, 0.25) is 0 Å². The molecule has 102 valence electrons. The first kappa shape index (κ1) is 14.8. The van der Waals surface area contributed by atoms with E-state index in [0.717, 1.165) is 6.42 Å². The molecule has 0 bridgehead atoms. The summed E-state index contributed by atoms with van der Waals surface area (Å²) >= 11 is 0. The van der Waals surface area contributed by atoms with E-state index >= 15 is 0 Å². The van der Waals surface area contributed by atoms with Crippen LogP contribution in [0.3, 0.4) is 0 Å². The molecule has 0 amide bonds. The van der Waals surface area contributed by atoms with Gasteiger partial charge >= 0.3 is 12.1 Å². The standard InChI is InChI=1S/C14H16O5/c1-3-9-17-13(15)11-7-5-6-8-12(11)19-14(16)18-10-4-2/h4-8H,2-3,9-10H2,1H3. The van der Waals surface area contributed by atoms with Crippen molar-refractivity contribution in [2.45, 2.75) is 13.3 Å². The Morgan fingerprint density at radius 3 is 2.68 bits per heavy atom. The van der Waals surface area contributed by atoms with E-state index in [1.165, 1.54) is 18.2 Å². The molecule has 0 N–H and O–H groups in total. The Bertz CT molecular complexity index is 453. The van der Waals surface area contributed by atoms with Crippen molar-refractivity contribution in [1.29, 1.82) is 0 Å². The Morgan fingerprint density at radius 2 is 2.00 bits per heavy atom. The van der Waals surface area contributed by atoms with Gasteiger partial charge in [-0.1, -0.05) is 31.7 Å². The predicted molar refractivity (Wildman–Crippen MR) is 69.2 cm³/mol. The Labute approximate surface area is 111 Å². The number of benzene rings is 1. The topological polar surface area (TPSA) is 61.8 Å². The van der Waals surface area contributed by atoms with Gasteiger partial charge in [0.05, 0.1) is 6.61 Å². The lowest BCUT2D eigenvalue weighted by atomic mass is 10.2. The quantitative estimate of drug-likeness (QED) is 0.449. The normalized spacial score (nSPS) is 9.53. The van der Waals surface area contributed by atoms with Crippen molar-refractivity contribution in [3.63, 3.8) is 0 Å². The number of para-hydroxylation sites is 1. The molecule has 0 saturated carbocycles. The summed E-state index contributed by atoms with van der Waals surface area (Å²) < 4.78 is 14.6. The number of esters is 1. The smallest absolute Gasteiger partial charge is 0.462 e. The van der Waals surface area contributed by atoms with Crippen LogP contribution >= 0.6 is 0 Å². The fraction of sp³-hybridized carbons (Fsp3) is 0.286. The van der Waals surface area contributed by atoms with Crippen LogP contribution in [0.1, 0.15) is 23.7 Å². The van der Waals surface area contributed by atoms with Crippen molar-refractivity contribution in [3.05, 3.63) is 42.5 Å². The number of hydrogen-bond donors (Lipinski definition) is 0. The molecule has 0 unspecified atom stereocenters. The summed E-state index contributed by atoms with van der Waals surface area (Å²) in [6, 6.07) is 6.32. The first-order valence-corrected chi connectivity index (χ1v) is 5.90. The van der Waals surface area contributed by atoms with Gasteiger partial charge in [0.2, 0.25) is 0 Å². The molecule has 0 fully saturated rings. The molecule has 5 nitrogen and oxygen atoms in total. The molecule has 0 aliphatic heterocycles. The maximum atomic E-state index is 11.7. The minimum absolute atomic E-state index is 0.0429. The second kappa shape index (κ2) is 7.92. The molecule has 0 aromatic heterocycles. The van der Waals surface area contributed by atoms with Crippen molar-refractivity contribution in [3.8, 4) is 5.75 Å². The predicted octanol–water partition coefficient (Wildman–Crippen LogP) is 2.95. The van der Waals surface area contributed by atoms with E-state index in [9.17, 15) is 9.59 Å². The minimum Gasteiger partial charge on any atom is -0.462 e. The summed E-state index contributed by atoms with van der Waals surface area (Å²) in [5.41, 5.74) is 0.187. The second-order valence-corrected chi connectivity index (χ2v) is 3.58. The third-order valence-electron chi connectivity index (χ3n) is 2.06. The van der Waals surface area contributed by atoms with Crippen molar-refractivity contribution in [2.24, 2.45) is 0 Å². The molecule has 0 spiro atoms. The molecular formula is C14H16O5. The van der Waals surface area contributed by atoms with Gasteiger partial charge in [-0.15, -0.1) is 0 Å². The van der Waals surface area contributed by atoms with Crippen LogP contribution in [0.4, 0.5) is 4.79 Å². The molecule has 1 rings (SSSR count). The molecule has 0 heterocycles. The highest BCUT2D eigenvalue weighted by atomic mass is 16.7. The van der Waals surface area contributed by atoms with Gasteiger partial charge in [-0.3, -0.25) is 0 Å². The molecular weight excluding hydrogens is 248 g/mol. The second-order valence-electron chi connectivity index (χ2n) is 3.58. The number of carbonyl (C=O) groups is 2. The summed E-state index contributed by atoms with van der Waals surface area (Å²) in [7, 11) is 0. The van der Waals surface area contributed by atoms with Gasteiger partial charge in [-0.2, -0.15) is 0 Å². The summed E-state index contributed by atoms with van der Waals surface area (Å²) in [5.74, 6) is -0.424. The summed E-state index contributed by atoms with van der Waals surface area (Å²) in [6.07, 6.45) is 1.24. The third-order valence-corrected chi connectivity index (χ3v) is 2.06. The SMILES string of the molecule is C=CCOC(=O)Oc1ccccc1C(=O)OCCC. The van der Waals surface area contributed by atoms with Crippen molar-refractivity contribution >= 4 is 12.1 Å². The molecule has 0 radical (unpaired) electrons. The number of carbonyl (C=O) groups excluding carboxylic acids is 2. The van der Waals surface area contributed by atoms with Gasteiger partial charge in [0.1, 0.15) is 17.9 Å². The lowest BCUT2D eigenvalue weighted by Crippen LogP contribution is -2.14. The maximum absolute atomic E-state index is 11.7. The molecule has 19 heavy (non-hydrogen) atoms. The lowest BCUT2D eigenvalue weighted by molar-refractivity contribution is 0.0500. The highest BCUT2D eigenvalue weighted by molar-refractivity contribution is 5.93. The van der Waals surface area contributed by atoms with E-state index in [2.05, 4.69) is 11.3 Å². The minimum atomic E-state index is -0.893. The molecule has 1 aromatic rings. The van der Waals surface area contributed by atoms with Crippen LogP contribution < -0.4 is 4.74 Å². The zero-order valence-corrected chi connectivity index (χ0v) is 10.8. The number of rotatable bonds is 6. The lowest BCUT2D eigenvalue weighted by Gasteiger charge is -2.09. The van der Waals surface area contributed by atoms with Crippen LogP contribution in [0.15, 0.2) is 36.9 Å². The van der Waals surface area contributed by atoms with E-state index < -0.39 is 12.1 Å². The first-order valence-electron chi connectivity index (χ1n) is 5.90. The molecule has 0 atom stereocenters. The molecule has 5 heteroatoms. The Balaban J connectivity index is 2.75. The van der Waals surface area contributed by atoms with Gasteiger partial charge < -0.3 is 14.2 Å². The highest BCUT2D eigenvalue weighted by Crippen LogP contribution is 2.19. The fourth-order valence-corrected chi connectivity index (χ4v) is 1.24. The summed E-state index contributed by atoms with van der Waals surface area (Å²) in [4.78, 5) is 23.1. The van der Waals surface area contributed by atoms with Gasteiger partial charge in [0, 0.05) is 0 Å². The van der Waals surface area contributed by atoms with Crippen LogP contribution in [0.5, 0.6) is 5.75 Å². The Hall–Kier alpha value is -2.30. The summed E-state index contributed by atoms with van der Waals surface area (Å²) in [5, 5.41) is 0. The van der Waals surface area contributed by atoms with Crippen LogP contribution in [-0.4, -0.2) is 25.3 Å². The van der Waals surface area contributed by atoms with Gasteiger partial charge in [0.25, 0.3) is 0 Å². The summed E-state index contributed by atoms with van der Waals surface area (Å²) in [6.45, 7) is 5.66. The molecule has 1 aromatic carbocycles. The van der Waals surface area contributed by atoms with Gasteiger partial charge in [-0.25, -0.2) is 9.59 Å². The largest absolute Gasteiger partial charge is 0.514 e. The zero-order valence-electron chi connectivity index (χ0n) is 10.8. The maximum Gasteiger partial charge on any atom is 0.514 e. The van der Waals surface area contributed by atoms with Crippen molar-refractivity contribution in [1.82, 2.24) is 0 Å². The third kappa shape index (κ3) is 4.83. The Morgan fingerprint density at radius 1 is 1.26 bits per heavy atom. The molecule has 0 aliphatic rings. The average Bonchev–Trinajstić information content (AvgIpc) is 2.43. The average molecular weight is 264 g/mol. The van der Waals surface area contributed by atoms with Gasteiger partial charge in [0.15, 0.2) is 0 Å². The molecule has 0 aliphatic carbocycles. The van der Waals surface area contributed by atoms with E-state index in [0.29, 0.717) is 6.61 Å². The monoisotopic (exact) mass is 264 g/mol. The first-order chi connectivity index (χ1) is 9.19. The molecule has 0 saturated heterocycles. The van der Waals surface area contributed by atoms with Crippen molar-refractivity contribution in [2.75, 3.05) is 13.2 Å². The van der Waals surface area contributed by atoms with E-state index in [1.54, 1.807) is 12.1 Å². The van der Waals surface area contributed by atoms with E-state index in [4.69, 9.17) is 9.47 Å². The van der Waals surface area contributed by atoms with Gasteiger partial charge in [-0.05, 0) is 18.6 Å². The van der Waals surface area contributed by atoms with Crippen LogP contribution in [0.25, 0.3) is 0 Å². The van der Waals surface area contributed by atoms with E-state index in [1.807, 2.05) is 6.92 Å². The fourth-order valence-electron chi connectivity index (χ4n) is 1.24. The zero-order chi connectivity index (χ0) is 14.1.